The van der Waals surface area contributed by atoms with E-state index in [1.807, 2.05) is 0 Å². The molecule has 0 saturated carbocycles. The highest BCUT2D eigenvalue weighted by atomic mass is 33.1. The second-order valence-corrected chi connectivity index (χ2v) is 11.4. The van der Waals surface area contributed by atoms with Gasteiger partial charge in [-0.25, -0.2) is 4.57 Å². The van der Waals surface area contributed by atoms with Crippen molar-refractivity contribution in [1.82, 2.24) is 10.6 Å². The number of amides is 2. The number of nitrogens with zero attached hydrogens (tertiary/aromatic N) is 2. The Morgan fingerprint density at radius 1 is 0.917 bits per heavy atom. The molecule has 0 atom stereocenters. The zero-order valence-corrected chi connectivity index (χ0v) is 23.1. The van der Waals surface area contributed by atoms with Gasteiger partial charge < -0.3 is 15.5 Å². The van der Waals surface area contributed by atoms with Crippen LogP contribution < -0.4 is 20.1 Å². The third-order valence-electron chi connectivity index (χ3n) is 6.19. The average molecular weight is 528 g/mol. The lowest BCUT2D eigenvalue weighted by atomic mass is 10.1. The highest BCUT2D eigenvalue weighted by molar-refractivity contribution is 8.77. The van der Waals surface area contributed by atoms with Crippen molar-refractivity contribution in [1.29, 1.82) is 0 Å². The molecule has 2 heterocycles. The minimum Gasteiger partial charge on any atom is -0.372 e. The molecule has 2 N–H and O–H groups in total. The Morgan fingerprint density at radius 3 is 2.17 bits per heavy atom. The third kappa shape index (κ3) is 9.54. The highest BCUT2D eigenvalue weighted by Crippen LogP contribution is 2.34. The van der Waals surface area contributed by atoms with Crippen LogP contribution in [0.3, 0.4) is 0 Å². The maximum atomic E-state index is 12.1. The summed E-state index contributed by atoms with van der Waals surface area (Å²) in [6, 6.07) is 12.9. The van der Waals surface area contributed by atoms with E-state index < -0.39 is 0 Å². The first-order chi connectivity index (χ1) is 17.6. The second-order valence-electron chi connectivity index (χ2n) is 8.83. The van der Waals surface area contributed by atoms with E-state index in [4.69, 9.17) is 0 Å². The monoisotopic (exact) mass is 527 g/mol. The number of hydrogen-bond donors (Lipinski definition) is 2. The summed E-state index contributed by atoms with van der Waals surface area (Å²) in [5.41, 5.74) is 3.59. The molecule has 36 heavy (non-hydrogen) atoms. The molecule has 0 bridgehead atoms. The Balaban J connectivity index is 1.29. The summed E-state index contributed by atoms with van der Waals surface area (Å²) in [5.74, 6) is 2.14. The fraction of sp³-hybridized carbons (Fsp3) is 0.464. The van der Waals surface area contributed by atoms with Crippen LogP contribution >= 0.6 is 21.6 Å². The molecule has 0 unspecified atom stereocenters. The van der Waals surface area contributed by atoms with Crippen molar-refractivity contribution in [2.75, 3.05) is 42.6 Å². The normalized spacial score (nSPS) is 13.7. The van der Waals surface area contributed by atoms with Crippen molar-refractivity contribution >= 4 is 51.2 Å². The molecular weight excluding hydrogens is 488 g/mol. The Bertz CT molecular complexity index is 970. The average Bonchev–Trinajstić information content (AvgIpc) is 3.45. The molecule has 0 radical (unpaired) electrons. The Labute approximate surface area is 223 Å². The highest BCUT2D eigenvalue weighted by Gasteiger charge is 2.23. The van der Waals surface area contributed by atoms with Crippen molar-refractivity contribution in [3.05, 3.63) is 59.9 Å². The first-order valence-corrected chi connectivity index (χ1v) is 15.4. The molecule has 2 amide bonds. The number of carbonyl (C=O) groups is 2. The van der Waals surface area contributed by atoms with Gasteiger partial charge >= 0.3 is 0 Å². The van der Waals surface area contributed by atoms with Crippen LogP contribution in [0.4, 0.5) is 5.69 Å². The summed E-state index contributed by atoms with van der Waals surface area (Å²) in [6.07, 6.45) is 10.4. The van der Waals surface area contributed by atoms with E-state index in [2.05, 4.69) is 94.9 Å². The molecule has 8 heteroatoms. The fourth-order valence-corrected chi connectivity index (χ4v) is 6.72. The van der Waals surface area contributed by atoms with Crippen LogP contribution in [0.15, 0.2) is 48.8 Å². The van der Waals surface area contributed by atoms with Gasteiger partial charge in [0.25, 0.3) is 0 Å². The van der Waals surface area contributed by atoms with E-state index >= 15 is 0 Å². The van der Waals surface area contributed by atoms with E-state index in [-0.39, 0.29) is 17.7 Å². The van der Waals surface area contributed by atoms with Crippen molar-refractivity contribution in [2.24, 2.45) is 5.92 Å². The topological polar surface area (TPSA) is 65.3 Å². The lowest BCUT2D eigenvalue weighted by Gasteiger charge is -2.20. The molecule has 1 aliphatic heterocycles. The SMILES string of the molecule is CCN(CC)c1ccc(/C=C/c2cc[n+](CCCC(=O)NCCCNC(=O)C3CSSC3)cc2)cc1. The maximum absolute atomic E-state index is 12.1. The zero-order chi connectivity index (χ0) is 25.6. The van der Waals surface area contributed by atoms with E-state index in [1.165, 1.54) is 11.3 Å². The minimum absolute atomic E-state index is 0.0667. The molecule has 194 valence electrons. The van der Waals surface area contributed by atoms with Crippen molar-refractivity contribution in [2.45, 2.75) is 39.7 Å². The Kier molecular flexibility index (Phi) is 12.2. The molecule has 0 spiro atoms. The molecule has 6 nitrogen and oxygen atoms in total. The third-order valence-corrected chi connectivity index (χ3v) is 8.75. The zero-order valence-electron chi connectivity index (χ0n) is 21.4. The largest absolute Gasteiger partial charge is 0.372 e. The van der Waals surface area contributed by atoms with Gasteiger partial charge in [-0.1, -0.05) is 45.9 Å². The number of pyridine rings is 1. The summed E-state index contributed by atoms with van der Waals surface area (Å²) in [4.78, 5) is 26.4. The van der Waals surface area contributed by atoms with Crippen LogP contribution in [0.2, 0.25) is 0 Å². The van der Waals surface area contributed by atoms with Gasteiger partial charge in [0.05, 0.1) is 5.92 Å². The van der Waals surface area contributed by atoms with Gasteiger partial charge in [0.2, 0.25) is 11.8 Å². The van der Waals surface area contributed by atoms with E-state index in [0.717, 1.165) is 49.5 Å². The lowest BCUT2D eigenvalue weighted by Crippen LogP contribution is -2.35. The number of rotatable bonds is 14. The second kappa shape index (κ2) is 15.6. The predicted octanol–water partition coefficient (Wildman–Crippen LogP) is 4.40. The molecule has 0 aliphatic carbocycles. The fourth-order valence-electron chi connectivity index (χ4n) is 3.95. The summed E-state index contributed by atoms with van der Waals surface area (Å²) < 4.78 is 2.11. The Hall–Kier alpha value is -2.45. The van der Waals surface area contributed by atoms with Crippen LogP contribution in [0.5, 0.6) is 0 Å². The van der Waals surface area contributed by atoms with Crippen molar-refractivity contribution < 1.29 is 14.2 Å². The summed E-state index contributed by atoms with van der Waals surface area (Å²) in [5, 5.41) is 5.92. The molecule has 1 aromatic carbocycles. The number of aromatic nitrogens is 1. The van der Waals surface area contributed by atoms with Gasteiger partial charge in [-0.15, -0.1) is 0 Å². The molecular formula is C28H39N4O2S2+. The number of hydrogen-bond acceptors (Lipinski definition) is 5. The summed E-state index contributed by atoms with van der Waals surface area (Å²) in [7, 11) is 3.52. The van der Waals surface area contributed by atoms with Crippen LogP contribution in [0.1, 0.15) is 44.2 Å². The minimum atomic E-state index is 0.0667. The van der Waals surface area contributed by atoms with Gasteiger partial charge in [0.1, 0.15) is 6.54 Å². The molecule has 3 rings (SSSR count). The van der Waals surface area contributed by atoms with E-state index in [9.17, 15) is 9.59 Å². The quantitative estimate of drug-likeness (QED) is 0.217. The molecule has 1 aliphatic rings. The molecule has 1 saturated heterocycles. The first-order valence-electron chi connectivity index (χ1n) is 12.9. The van der Waals surface area contributed by atoms with Gasteiger partial charge in [-0.3, -0.25) is 9.59 Å². The molecule has 2 aromatic rings. The number of anilines is 1. The maximum Gasteiger partial charge on any atom is 0.224 e. The van der Waals surface area contributed by atoms with Crippen molar-refractivity contribution in [3.8, 4) is 0 Å². The number of carbonyl (C=O) groups excluding carboxylic acids is 2. The lowest BCUT2D eigenvalue weighted by molar-refractivity contribution is -0.697. The summed E-state index contributed by atoms with van der Waals surface area (Å²) in [6.45, 7) is 8.40. The van der Waals surface area contributed by atoms with Crippen LogP contribution in [-0.4, -0.2) is 49.5 Å². The van der Waals surface area contributed by atoms with Crippen LogP contribution in [0.25, 0.3) is 12.2 Å². The van der Waals surface area contributed by atoms with Crippen LogP contribution in [0, 0.1) is 5.92 Å². The Morgan fingerprint density at radius 2 is 1.53 bits per heavy atom. The predicted molar refractivity (Wildman–Crippen MR) is 154 cm³/mol. The number of benzene rings is 1. The van der Waals surface area contributed by atoms with E-state index in [1.54, 1.807) is 21.6 Å². The van der Waals surface area contributed by atoms with Crippen LogP contribution in [-0.2, 0) is 16.1 Å². The standard InChI is InChI=1S/C28H38N4O2S2/c1-3-32(4-2)26-12-10-23(11-13-26)8-9-24-14-19-31(20-15-24)18-5-7-27(33)29-16-6-17-30-28(34)25-21-35-36-22-25/h8-15,19-20,25H,3-7,16-18,21-22H2,1-2H3,(H-,29,30,33,34)/p+1. The van der Waals surface area contributed by atoms with Crippen molar-refractivity contribution in [3.63, 3.8) is 0 Å². The van der Waals surface area contributed by atoms with Gasteiger partial charge in [0.15, 0.2) is 12.4 Å². The molecule has 1 fully saturated rings. The van der Waals surface area contributed by atoms with Gasteiger partial charge in [-0.05, 0) is 43.5 Å². The summed E-state index contributed by atoms with van der Waals surface area (Å²) >= 11 is 0. The smallest absolute Gasteiger partial charge is 0.224 e. The number of nitrogens with one attached hydrogen (secondary N) is 2. The molecule has 1 aromatic heterocycles. The van der Waals surface area contributed by atoms with E-state index in [0.29, 0.717) is 19.5 Å². The van der Waals surface area contributed by atoms with Gasteiger partial charge in [-0.2, -0.15) is 0 Å². The van der Waals surface area contributed by atoms with Gasteiger partial charge in [0, 0.05) is 68.3 Å². The first kappa shape index (κ1) is 28.1. The number of aryl methyl sites for hydroxylation is 1.